The van der Waals surface area contributed by atoms with E-state index >= 15 is 0 Å². The molecule has 0 radical (unpaired) electrons. The Hall–Kier alpha value is -2.96. The van der Waals surface area contributed by atoms with Gasteiger partial charge in [-0.15, -0.1) is 0 Å². The molecule has 1 amide bonds. The summed E-state index contributed by atoms with van der Waals surface area (Å²) in [5.41, 5.74) is 3.63. The maximum absolute atomic E-state index is 12.9. The highest BCUT2D eigenvalue weighted by Crippen LogP contribution is 2.24. The van der Waals surface area contributed by atoms with Crippen molar-refractivity contribution >= 4 is 16.9 Å². The second-order valence-electron chi connectivity index (χ2n) is 7.83. The smallest absolute Gasteiger partial charge is 0.267 e. The number of H-pyrrole nitrogens is 1. The number of aromatic amines is 1. The number of fused-ring (bicyclic) bond motifs is 2. The van der Waals surface area contributed by atoms with Gasteiger partial charge in [0, 0.05) is 43.5 Å². The molecular weight excluding hydrogens is 354 g/mol. The first kappa shape index (κ1) is 17.2. The Morgan fingerprint density at radius 3 is 2.96 bits per heavy atom. The zero-order valence-electron chi connectivity index (χ0n) is 15.7. The molecule has 1 aliphatic heterocycles. The average molecular weight is 377 g/mol. The number of aromatic nitrogens is 4. The Morgan fingerprint density at radius 1 is 1.25 bits per heavy atom. The van der Waals surface area contributed by atoms with E-state index in [0.717, 1.165) is 54.4 Å². The fraction of sp³-hybridized carbons (Fsp3) is 0.429. The largest absolute Gasteiger partial charge is 0.345 e. The highest BCUT2D eigenvalue weighted by atomic mass is 16.2. The zero-order chi connectivity index (χ0) is 19.1. The van der Waals surface area contributed by atoms with Crippen molar-refractivity contribution in [2.75, 3.05) is 13.1 Å². The Labute approximate surface area is 162 Å². The predicted octanol–water partition coefficient (Wildman–Crippen LogP) is 2.16. The van der Waals surface area contributed by atoms with Crippen molar-refractivity contribution in [3.63, 3.8) is 0 Å². The minimum atomic E-state index is 0.00504. The summed E-state index contributed by atoms with van der Waals surface area (Å²) in [5.74, 6) is 0.420. The van der Waals surface area contributed by atoms with Gasteiger partial charge in [-0.05, 0) is 55.7 Å². The van der Waals surface area contributed by atoms with Crippen LogP contribution >= 0.6 is 0 Å². The van der Waals surface area contributed by atoms with Crippen LogP contribution in [-0.4, -0.2) is 43.6 Å². The summed E-state index contributed by atoms with van der Waals surface area (Å²) in [4.78, 5) is 34.5. The van der Waals surface area contributed by atoms with E-state index in [1.54, 1.807) is 23.1 Å². The quantitative estimate of drug-likeness (QED) is 0.758. The van der Waals surface area contributed by atoms with Gasteiger partial charge < -0.3 is 9.88 Å². The van der Waals surface area contributed by atoms with Crippen LogP contribution in [0.15, 0.2) is 35.4 Å². The summed E-state index contributed by atoms with van der Waals surface area (Å²) in [6, 6.07) is 5.53. The molecule has 0 unspecified atom stereocenters. The molecular formula is C21H23N5O2. The SMILES string of the molecule is O=C(c1c[nH]c2ncccc12)N1CCC(Cn2nc3c(cc2=O)CCC3)CC1. The van der Waals surface area contributed by atoms with Gasteiger partial charge in [-0.3, -0.25) is 9.59 Å². The first-order chi connectivity index (χ1) is 13.7. The number of nitrogens with one attached hydrogen (secondary N) is 1. The highest BCUT2D eigenvalue weighted by molar-refractivity contribution is 6.05. The predicted molar refractivity (Wildman–Crippen MR) is 105 cm³/mol. The molecule has 28 heavy (non-hydrogen) atoms. The third kappa shape index (κ3) is 3.00. The fourth-order valence-electron chi connectivity index (χ4n) is 4.44. The Balaban J connectivity index is 1.25. The number of amides is 1. The lowest BCUT2D eigenvalue weighted by Gasteiger charge is -2.32. The first-order valence-corrected chi connectivity index (χ1v) is 10.0. The number of likely N-dealkylation sites (tertiary alicyclic amines) is 1. The number of pyridine rings is 1. The van der Waals surface area contributed by atoms with Gasteiger partial charge in [0.15, 0.2) is 0 Å². The van der Waals surface area contributed by atoms with Crippen LogP contribution in [0.3, 0.4) is 0 Å². The lowest BCUT2D eigenvalue weighted by Crippen LogP contribution is -2.40. The number of rotatable bonds is 3. The third-order valence-corrected chi connectivity index (χ3v) is 6.04. The summed E-state index contributed by atoms with van der Waals surface area (Å²) in [6.45, 7) is 2.05. The van der Waals surface area contributed by atoms with E-state index in [2.05, 4.69) is 15.1 Å². The summed E-state index contributed by atoms with van der Waals surface area (Å²) in [5, 5.41) is 5.45. The average Bonchev–Trinajstić information content (AvgIpc) is 3.35. The van der Waals surface area contributed by atoms with Gasteiger partial charge in [-0.1, -0.05) is 0 Å². The lowest BCUT2D eigenvalue weighted by molar-refractivity contribution is 0.0682. The van der Waals surface area contributed by atoms with E-state index in [9.17, 15) is 9.59 Å². The Bertz CT molecular complexity index is 1090. The van der Waals surface area contributed by atoms with Gasteiger partial charge in [-0.2, -0.15) is 5.10 Å². The molecule has 144 valence electrons. The monoisotopic (exact) mass is 377 g/mol. The highest BCUT2D eigenvalue weighted by Gasteiger charge is 2.26. The van der Waals surface area contributed by atoms with Gasteiger partial charge >= 0.3 is 0 Å². The molecule has 0 atom stereocenters. The molecule has 0 saturated carbocycles. The third-order valence-electron chi connectivity index (χ3n) is 6.04. The van der Waals surface area contributed by atoms with Crippen LogP contribution in [0.4, 0.5) is 0 Å². The number of piperidine rings is 1. The van der Waals surface area contributed by atoms with Crippen molar-refractivity contribution in [2.24, 2.45) is 5.92 Å². The summed E-state index contributed by atoms with van der Waals surface area (Å²) < 4.78 is 1.64. The van der Waals surface area contributed by atoms with E-state index in [0.29, 0.717) is 31.1 Å². The molecule has 3 aromatic rings. The van der Waals surface area contributed by atoms with Gasteiger partial charge in [0.25, 0.3) is 11.5 Å². The molecule has 2 aliphatic rings. The van der Waals surface area contributed by atoms with E-state index in [4.69, 9.17) is 0 Å². The van der Waals surface area contributed by atoms with E-state index in [1.165, 1.54) is 0 Å². The van der Waals surface area contributed by atoms with Gasteiger partial charge in [0.05, 0.1) is 11.3 Å². The van der Waals surface area contributed by atoms with Gasteiger partial charge in [0.2, 0.25) is 0 Å². The zero-order valence-corrected chi connectivity index (χ0v) is 15.7. The molecule has 1 saturated heterocycles. The molecule has 0 spiro atoms. The van der Waals surface area contributed by atoms with Crippen molar-refractivity contribution in [2.45, 2.75) is 38.6 Å². The van der Waals surface area contributed by atoms with Crippen LogP contribution < -0.4 is 5.56 Å². The molecule has 7 nitrogen and oxygen atoms in total. The minimum absolute atomic E-state index is 0.00504. The van der Waals surface area contributed by atoms with E-state index < -0.39 is 0 Å². The molecule has 1 aliphatic carbocycles. The normalized spacial score (nSPS) is 17.2. The minimum Gasteiger partial charge on any atom is -0.345 e. The fourth-order valence-corrected chi connectivity index (χ4v) is 4.44. The summed E-state index contributed by atoms with van der Waals surface area (Å²) >= 11 is 0. The van der Waals surface area contributed by atoms with Crippen LogP contribution in [0, 0.1) is 5.92 Å². The van der Waals surface area contributed by atoms with Crippen molar-refractivity contribution in [3.05, 3.63) is 57.8 Å². The molecule has 0 aromatic carbocycles. The number of hydrogen-bond acceptors (Lipinski definition) is 4. The Morgan fingerprint density at radius 2 is 2.11 bits per heavy atom. The standard InChI is InChI=1S/C21H23N5O2/c27-19-11-15-3-1-5-18(15)24-26(19)13-14-6-9-25(10-7-14)21(28)17-12-23-20-16(17)4-2-8-22-20/h2,4,8,11-12,14H,1,3,5-7,9-10,13H2,(H,22,23). The van der Waals surface area contributed by atoms with Crippen molar-refractivity contribution in [3.8, 4) is 0 Å². The van der Waals surface area contributed by atoms with E-state index in [-0.39, 0.29) is 11.5 Å². The number of carbonyl (C=O) groups is 1. The molecule has 0 bridgehead atoms. The van der Waals surface area contributed by atoms with Crippen LogP contribution in [0.1, 0.15) is 40.9 Å². The van der Waals surface area contributed by atoms with Crippen molar-refractivity contribution in [1.82, 2.24) is 24.6 Å². The second-order valence-corrected chi connectivity index (χ2v) is 7.83. The molecule has 3 aromatic heterocycles. The van der Waals surface area contributed by atoms with Crippen molar-refractivity contribution < 1.29 is 4.79 Å². The maximum atomic E-state index is 12.9. The number of carbonyl (C=O) groups excluding carboxylic acids is 1. The van der Waals surface area contributed by atoms with Crippen LogP contribution in [0.25, 0.3) is 11.0 Å². The van der Waals surface area contributed by atoms with Crippen LogP contribution in [0.5, 0.6) is 0 Å². The molecule has 4 heterocycles. The summed E-state index contributed by atoms with van der Waals surface area (Å²) in [7, 11) is 0. The second kappa shape index (κ2) is 6.89. The van der Waals surface area contributed by atoms with Crippen LogP contribution in [0.2, 0.25) is 0 Å². The Kier molecular flexibility index (Phi) is 4.22. The van der Waals surface area contributed by atoms with E-state index in [1.807, 2.05) is 17.0 Å². The van der Waals surface area contributed by atoms with Crippen molar-refractivity contribution in [1.29, 1.82) is 0 Å². The maximum Gasteiger partial charge on any atom is 0.267 e. The molecule has 5 rings (SSSR count). The first-order valence-electron chi connectivity index (χ1n) is 10.0. The van der Waals surface area contributed by atoms with Gasteiger partial charge in [-0.25, -0.2) is 9.67 Å². The number of hydrogen-bond donors (Lipinski definition) is 1. The molecule has 1 fully saturated rings. The van der Waals surface area contributed by atoms with Crippen LogP contribution in [-0.2, 0) is 19.4 Å². The summed E-state index contributed by atoms with van der Waals surface area (Å²) in [6.07, 6.45) is 8.28. The lowest BCUT2D eigenvalue weighted by atomic mass is 9.96. The molecule has 1 N–H and O–H groups in total. The van der Waals surface area contributed by atoms with Gasteiger partial charge in [0.1, 0.15) is 5.65 Å². The number of aryl methyl sites for hydroxylation is 2. The molecule has 7 heteroatoms. The number of nitrogens with zero attached hydrogens (tertiary/aromatic N) is 4. The topological polar surface area (TPSA) is 83.9 Å².